The van der Waals surface area contributed by atoms with Crippen LogP contribution in [0, 0.1) is 5.92 Å². The predicted octanol–water partition coefficient (Wildman–Crippen LogP) is 1.88. The molecule has 0 fully saturated rings. The van der Waals surface area contributed by atoms with Crippen LogP contribution in [0.4, 0.5) is 0 Å². The fourth-order valence-corrected chi connectivity index (χ4v) is 1.65. The SMILES string of the molecule is CCCCCC(C)[C@@H](NC=O)C(=O)OCC. The molecule has 1 amide bonds. The Morgan fingerprint density at radius 3 is 2.56 bits per heavy atom. The predicted molar refractivity (Wildman–Crippen MR) is 62.9 cm³/mol. The van der Waals surface area contributed by atoms with Crippen molar-refractivity contribution in [1.82, 2.24) is 5.32 Å². The number of esters is 1. The van der Waals surface area contributed by atoms with E-state index in [1.807, 2.05) is 6.92 Å². The van der Waals surface area contributed by atoms with E-state index in [4.69, 9.17) is 4.74 Å². The first-order chi connectivity index (χ1) is 7.67. The van der Waals surface area contributed by atoms with Gasteiger partial charge < -0.3 is 10.1 Å². The zero-order chi connectivity index (χ0) is 12.4. The minimum absolute atomic E-state index is 0.121. The molecule has 4 heteroatoms. The van der Waals surface area contributed by atoms with Gasteiger partial charge in [0.15, 0.2) is 0 Å². The van der Waals surface area contributed by atoms with Crippen molar-refractivity contribution in [3.63, 3.8) is 0 Å². The van der Waals surface area contributed by atoms with Crippen LogP contribution in [0.1, 0.15) is 46.5 Å². The van der Waals surface area contributed by atoms with Crippen molar-refractivity contribution in [2.45, 2.75) is 52.5 Å². The normalized spacial score (nSPS) is 13.9. The lowest BCUT2D eigenvalue weighted by Crippen LogP contribution is -2.42. The van der Waals surface area contributed by atoms with E-state index in [0.29, 0.717) is 13.0 Å². The Morgan fingerprint density at radius 1 is 1.38 bits per heavy atom. The standard InChI is InChI=1S/C12H23NO3/c1-4-6-7-8-10(3)11(13-9-14)12(15)16-5-2/h9-11H,4-8H2,1-3H3,(H,13,14)/t10?,11-/m1/s1. The van der Waals surface area contributed by atoms with Gasteiger partial charge in [-0.25, -0.2) is 4.79 Å². The molecule has 0 bridgehead atoms. The molecule has 0 aromatic rings. The fourth-order valence-electron chi connectivity index (χ4n) is 1.65. The van der Waals surface area contributed by atoms with Gasteiger partial charge in [-0.3, -0.25) is 4.79 Å². The highest BCUT2D eigenvalue weighted by Crippen LogP contribution is 2.14. The first kappa shape index (κ1) is 14.9. The number of hydrogen-bond donors (Lipinski definition) is 1. The van der Waals surface area contributed by atoms with Crippen LogP contribution in [-0.4, -0.2) is 25.0 Å². The van der Waals surface area contributed by atoms with E-state index in [-0.39, 0.29) is 11.9 Å². The highest BCUT2D eigenvalue weighted by atomic mass is 16.5. The van der Waals surface area contributed by atoms with E-state index in [2.05, 4.69) is 12.2 Å². The van der Waals surface area contributed by atoms with Gasteiger partial charge >= 0.3 is 5.97 Å². The molecular weight excluding hydrogens is 206 g/mol. The van der Waals surface area contributed by atoms with E-state index < -0.39 is 6.04 Å². The van der Waals surface area contributed by atoms with E-state index in [9.17, 15) is 9.59 Å². The minimum atomic E-state index is -0.505. The van der Waals surface area contributed by atoms with Crippen molar-refractivity contribution in [3.05, 3.63) is 0 Å². The van der Waals surface area contributed by atoms with Gasteiger partial charge in [0, 0.05) is 0 Å². The van der Waals surface area contributed by atoms with Gasteiger partial charge in [0.1, 0.15) is 6.04 Å². The van der Waals surface area contributed by atoms with E-state index >= 15 is 0 Å². The quantitative estimate of drug-likeness (QED) is 0.373. The molecule has 1 N–H and O–H groups in total. The topological polar surface area (TPSA) is 55.4 Å². The molecule has 0 aliphatic rings. The Morgan fingerprint density at radius 2 is 2.06 bits per heavy atom. The van der Waals surface area contributed by atoms with Crippen LogP contribution < -0.4 is 5.32 Å². The summed E-state index contributed by atoms with van der Waals surface area (Å²) in [6, 6.07) is -0.505. The first-order valence-corrected chi connectivity index (χ1v) is 6.03. The lowest BCUT2D eigenvalue weighted by molar-refractivity contribution is -0.148. The van der Waals surface area contributed by atoms with Gasteiger partial charge in [-0.2, -0.15) is 0 Å². The second-order valence-electron chi connectivity index (χ2n) is 3.99. The number of amides is 1. The summed E-state index contributed by atoms with van der Waals surface area (Å²) in [5.74, 6) is -0.214. The Hall–Kier alpha value is -1.06. The monoisotopic (exact) mass is 229 g/mol. The van der Waals surface area contributed by atoms with Crippen molar-refractivity contribution < 1.29 is 14.3 Å². The molecule has 0 radical (unpaired) electrons. The van der Waals surface area contributed by atoms with Crippen LogP contribution in [0.25, 0.3) is 0 Å². The third-order valence-electron chi connectivity index (χ3n) is 2.62. The van der Waals surface area contributed by atoms with Gasteiger partial charge in [0.25, 0.3) is 0 Å². The van der Waals surface area contributed by atoms with Crippen molar-refractivity contribution in [2.75, 3.05) is 6.61 Å². The average Bonchev–Trinajstić information content (AvgIpc) is 2.26. The summed E-state index contributed by atoms with van der Waals surface area (Å²) in [5, 5.41) is 2.54. The van der Waals surface area contributed by atoms with Crippen molar-refractivity contribution in [3.8, 4) is 0 Å². The number of carbonyl (C=O) groups is 2. The average molecular weight is 229 g/mol. The molecule has 1 unspecified atom stereocenters. The number of unbranched alkanes of at least 4 members (excludes halogenated alkanes) is 2. The van der Waals surface area contributed by atoms with Gasteiger partial charge in [0.05, 0.1) is 6.61 Å². The number of ether oxygens (including phenoxy) is 1. The Balaban J connectivity index is 4.16. The van der Waals surface area contributed by atoms with Gasteiger partial charge in [-0.1, -0.05) is 33.1 Å². The van der Waals surface area contributed by atoms with Crippen LogP contribution in [-0.2, 0) is 14.3 Å². The summed E-state index contributed by atoms with van der Waals surface area (Å²) in [6.07, 6.45) is 4.88. The van der Waals surface area contributed by atoms with Crippen molar-refractivity contribution in [2.24, 2.45) is 5.92 Å². The summed E-state index contributed by atoms with van der Waals surface area (Å²) in [7, 11) is 0. The van der Waals surface area contributed by atoms with Crippen LogP contribution in [0.15, 0.2) is 0 Å². The first-order valence-electron chi connectivity index (χ1n) is 6.03. The zero-order valence-corrected chi connectivity index (χ0v) is 10.5. The molecule has 0 heterocycles. The Labute approximate surface area is 97.7 Å². The third-order valence-corrected chi connectivity index (χ3v) is 2.62. The minimum Gasteiger partial charge on any atom is -0.464 e. The maximum absolute atomic E-state index is 11.6. The molecule has 0 aromatic heterocycles. The number of hydrogen-bond acceptors (Lipinski definition) is 3. The molecule has 0 spiro atoms. The highest BCUT2D eigenvalue weighted by Gasteiger charge is 2.25. The van der Waals surface area contributed by atoms with E-state index in [1.54, 1.807) is 6.92 Å². The molecule has 0 rings (SSSR count). The van der Waals surface area contributed by atoms with Crippen molar-refractivity contribution >= 4 is 12.4 Å². The van der Waals surface area contributed by atoms with Gasteiger partial charge in [-0.15, -0.1) is 0 Å². The summed E-state index contributed by atoms with van der Waals surface area (Å²) in [5.41, 5.74) is 0. The van der Waals surface area contributed by atoms with E-state index in [1.165, 1.54) is 0 Å². The van der Waals surface area contributed by atoms with Gasteiger partial charge in [-0.05, 0) is 19.3 Å². The Bertz CT molecular complexity index is 206. The molecule has 16 heavy (non-hydrogen) atoms. The summed E-state index contributed by atoms with van der Waals surface area (Å²) < 4.78 is 4.92. The molecule has 0 aliphatic carbocycles. The molecule has 4 nitrogen and oxygen atoms in total. The summed E-state index contributed by atoms with van der Waals surface area (Å²) in [6.45, 7) is 6.21. The second-order valence-corrected chi connectivity index (χ2v) is 3.99. The van der Waals surface area contributed by atoms with Crippen LogP contribution in [0.3, 0.4) is 0 Å². The number of rotatable bonds is 9. The molecule has 0 aromatic carbocycles. The lowest BCUT2D eigenvalue weighted by Gasteiger charge is -2.21. The molecule has 0 saturated heterocycles. The van der Waals surface area contributed by atoms with Gasteiger partial charge in [0.2, 0.25) is 6.41 Å². The molecule has 2 atom stereocenters. The maximum Gasteiger partial charge on any atom is 0.328 e. The molecular formula is C12H23NO3. The maximum atomic E-state index is 11.6. The second kappa shape index (κ2) is 9.19. The zero-order valence-electron chi connectivity index (χ0n) is 10.5. The van der Waals surface area contributed by atoms with Crippen molar-refractivity contribution in [1.29, 1.82) is 0 Å². The lowest BCUT2D eigenvalue weighted by atomic mass is 9.95. The molecule has 0 saturated carbocycles. The van der Waals surface area contributed by atoms with Crippen LogP contribution in [0.2, 0.25) is 0 Å². The number of carbonyl (C=O) groups excluding carboxylic acids is 2. The third kappa shape index (κ3) is 5.73. The molecule has 94 valence electrons. The highest BCUT2D eigenvalue weighted by molar-refractivity contribution is 5.78. The number of nitrogens with one attached hydrogen (secondary N) is 1. The summed E-state index contributed by atoms with van der Waals surface area (Å²) in [4.78, 5) is 22.0. The largest absolute Gasteiger partial charge is 0.464 e. The summed E-state index contributed by atoms with van der Waals surface area (Å²) >= 11 is 0. The smallest absolute Gasteiger partial charge is 0.328 e. The van der Waals surface area contributed by atoms with Crippen LogP contribution >= 0.6 is 0 Å². The van der Waals surface area contributed by atoms with Crippen LogP contribution in [0.5, 0.6) is 0 Å². The molecule has 0 aliphatic heterocycles. The fraction of sp³-hybridized carbons (Fsp3) is 0.833. The van der Waals surface area contributed by atoms with E-state index in [0.717, 1.165) is 25.7 Å². The Kier molecular flexibility index (Phi) is 8.58.